The second-order valence-corrected chi connectivity index (χ2v) is 7.74. The number of nitrogens with zero attached hydrogens (tertiary/aromatic N) is 3. The summed E-state index contributed by atoms with van der Waals surface area (Å²) in [4.78, 5) is 25.4. The molecule has 162 valence electrons. The standard InChI is InChI=1S/C24H22N4O4/c1-31-20-8-9-21-17(13-20)12-18(15-32-21)23(29)25-19-6-4-5-16(11-19)14-28-24(30)27-10-3-2-7-22(27)26-28/h2-11,13,18H,12,14-15H2,1H3,(H,25,29). The minimum atomic E-state index is -0.306. The quantitative estimate of drug-likeness (QED) is 0.526. The van der Waals surface area contributed by atoms with Gasteiger partial charge in [0, 0.05) is 11.9 Å². The van der Waals surface area contributed by atoms with Crippen LogP contribution in [-0.4, -0.2) is 33.8 Å². The lowest BCUT2D eigenvalue weighted by Crippen LogP contribution is -2.32. The molecule has 0 radical (unpaired) electrons. The Morgan fingerprint density at radius 1 is 1.19 bits per heavy atom. The van der Waals surface area contributed by atoms with Crippen LogP contribution in [0.15, 0.2) is 71.7 Å². The van der Waals surface area contributed by atoms with E-state index in [-0.39, 0.29) is 17.5 Å². The van der Waals surface area contributed by atoms with Gasteiger partial charge in [-0.1, -0.05) is 18.2 Å². The SMILES string of the molecule is COc1ccc2c(c1)CC(C(=O)Nc1cccc(Cn3nc4ccccn4c3=O)c1)CO2. The van der Waals surface area contributed by atoms with E-state index in [2.05, 4.69) is 10.4 Å². The summed E-state index contributed by atoms with van der Waals surface area (Å²) in [5.41, 5.74) is 2.87. The molecule has 8 heteroatoms. The van der Waals surface area contributed by atoms with Crippen LogP contribution in [0.5, 0.6) is 11.5 Å². The van der Waals surface area contributed by atoms with Gasteiger partial charge in [0.2, 0.25) is 5.91 Å². The minimum absolute atomic E-state index is 0.111. The number of methoxy groups -OCH3 is 1. The molecule has 0 aliphatic carbocycles. The summed E-state index contributed by atoms with van der Waals surface area (Å²) in [6.07, 6.45) is 2.27. The average Bonchev–Trinajstić information content (AvgIpc) is 3.13. The zero-order valence-electron chi connectivity index (χ0n) is 17.5. The first-order valence-corrected chi connectivity index (χ1v) is 10.3. The number of benzene rings is 2. The molecular formula is C24H22N4O4. The number of ether oxygens (including phenoxy) is 2. The fourth-order valence-corrected chi connectivity index (χ4v) is 3.90. The Morgan fingerprint density at radius 2 is 2.09 bits per heavy atom. The second kappa shape index (κ2) is 8.22. The van der Waals surface area contributed by atoms with Crippen LogP contribution in [-0.2, 0) is 17.8 Å². The van der Waals surface area contributed by atoms with E-state index in [1.165, 1.54) is 9.08 Å². The summed E-state index contributed by atoms with van der Waals surface area (Å²) in [6.45, 7) is 0.630. The molecule has 0 fully saturated rings. The van der Waals surface area contributed by atoms with Crippen molar-refractivity contribution in [2.24, 2.45) is 5.92 Å². The lowest BCUT2D eigenvalue weighted by molar-refractivity contribution is -0.121. The fourth-order valence-electron chi connectivity index (χ4n) is 3.90. The molecule has 0 bridgehead atoms. The molecule has 0 saturated heterocycles. The first-order chi connectivity index (χ1) is 15.6. The summed E-state index contributed by atoms with van der Waals surface area (Å²) >= 11 is 0. The number of carbonyl (C=O) groups excluding carboxylic acids is 1. The molecule has 5 rings (SSSR count). The highest BCUT2D eigenvalue weighted by atomic mass is 16.5. The molecular weight excluding hydrogens is 408 g/mol. The van der Waals surface area contributed by atoms with E-state index in [1.807, 2.05) is 48.5 Å². The number of carbonyl (C=O) groups is 1. The molecule has 2 aromatic carbocycles. The van der Waals surface area contributed by atoms with Gasteiger partial charge in [0.05, 0.1) is 19.6 Å². The third-order valence-electron chi connectivity index (χ3n) is 5.56. The van der Waals surface area contributed by atoms with Crippen molar-refractivity contribution in [3.63, 3.8) is 0 Å². The van der Waals surface area contributed by atoms with Crippen LogP contribution in [0.1, 0.15) is 11.1 Å². The number of hydrogen-bond donors (Lipinski definition) is 1. The summed E-state index contributed by atoms with van der Waals surface area (Å²) in [6, 6.07) is 18.5. The predicted octanol–water partition coefficient (Wildman–Crippen LogP) is 2.74. The number of hydrogen-bond acceptors (Lipinski definition) is 5. The lowest BCUT2D eigenvalue weighted by atomic mass is 9.95. The second-order valence-electron chi connectivity index (χ2n) is 7.74. The number of amides is 1. The minimum Gasteiger partial charge on any atom is -0.497 e. The summed E-state index contributed by atoms with van der Waals surface area (Å²) < 4.78 is 14.0. The summed E-state index contributed by atoms with van der Waals surface area (Å²) in [5, 5.41) is 7.34. The number of nitrogens with one attached hydrogen (secondary N) is 1. The fraction of sp³-hybridized carbons (Fsp3) is 0.208. The maximum atomic E-state index is 12.9. The zero-order chi connectivity index (χ0) is 22.1. The van der Waals surface area contributed by atoms with E-state index in [4.69, 9.17) is 9.47 Å². The van der Waals surface area contributed by atoms with E-state index < -0.39 is 0 Å². The lowest BCUT2D eigenvalue weighted by Gasteiger charge is -2.25. The van der Waals surface area contributed by atoms with E-state index in [0.717, 1.165) is 22.6 Å². The molecule has 4 aromatic rings. The van der Waals surface area contributed by atoms with E-state index >= 15 is 0 Å². The average molecular weight is 430 g/mol. The van der Waals surface area contributed by atoms with Crippen LogP contribution in [0.25, 0.3) is 5.65 Å². The third-order valence-corrected chi connectivity index (χ3v) is 5.56. The number of rotatable bonds is 5. The molecule has 1 atom stereocenters. The highest BCUT2D eigenvalue weighted by Crippen LogP contribution is 2.31. The first kappa shape index (κ1) is 19.9. The van der Waals surface area contributed by atoms with Gasteiger partial charge in [0.1, 0.15) is 18.1 Å². The van der Waals surface area contributed by atoms with Crippen molar-refractivity contribution in [3.05, 3.63) is 88.5 Å². The Bertz CT molecular complexity index is 1360. The van der Waals surface area contributed by atoms with Gasteiger partial charge >= 0.3 is 5.69 Å². The van der Waals surface area contributed by atoms with Gasteiger partial charge in [-0.15, -0.1) is 5.10 Å². The van der Waals surface area contributed by atoms with Gasteiger partial charge in [0.15, 0.2) is 5.65 Å². The molecule has 0 spiro atoms. The number of pyridine rings is 1. The molecule has 32 heavy (non-hydrogen) atoms. The van der Waals surface area contributed by atoms with Gasteiger partial charge in [-0.05, 0) is 60.0 Å². The van der Waals surface area contributed by atoms with Crippen LogP contribution in [0.4, 0.5) is 5.69 Å². The monoisotopic (exact) mass is 430 g/mol. The first-order valence-electron chi connectivity index (χ1n) is 10.3. The topological polar surface area (TPSA) is 86.9 Å². The number of fused-ring (bicyclic) bond motifs is 2. The van der Waals surface area contributed by atoms with E-state index in [1.54, 1.807) is 25.4 Å². The van der Waals surface area contributed by atoms with Crippen LogP contribution in [0.2, 0.25) is 0 Å². The third kappa shape index (κ3) is 3.82. The van der Waals surface area contributed by atoms with Gasteiger partial charge in [-0.25, -0.2) is 9.48 Å². The van der Waals surface area contributed by atoms with Crippen LogP contribution < -0.4 is 20.5 Å². The van der Waals surface area contributed by atoms with Crippen LogP contribution >= 0.6 is 0 Å². The molecule has 1 aliphatic rings. The van der Waals surface area contributed by atoms with Crippen LogP contribution in [0.3, 0.4) is 0 Å². The molecule has 2 aromatic heterocycles. The molecule has 1 N–H and O–H groups in total. The van der Waals surface area contributed by atoms with Crippen molar-refractivity contribution in [3.8, 4) is 11.5 Å². The smallest absolute Gasteiger partial charge is 0.350 e. The van der Waals surface area contributed by atoms with Gasteiger partial charge in [-0.3, -0.25) is 9.20 Å². The van der Waals surface area contributed by atoms with Crippen molar-refractivity contribution in [1.82, 2.24) is 14.2 Å². The highest BCUT2D eigenvalue weighted by molar-refractivity contribution is 5.93. The molecule has 1 amide bonds. The molecule has 0 saturated carbocycles. The maximum absolute atomic E-state index is 12.9. The summed E-state index contributed by atoms with van der Waals surface area (Å²) in [5.74, 6) is 1.11. The number of aromatic nitrogens is 3. The van der Waals surface area contributed by atoms with Crippen molar-refractivity contribution in [1.29, 1.82) is 0 Å². The van der Waals surface area contributed by atoms with E-state index in [9.17, 15) is 9.59 Å². The van der Waals surface area contributed by atoms with Gasteiger partial charge < -0.3 is 14.8 Å². The van der Waals surface area contributed by atoms with E-state index in [0.29, 0.717) is 30.9 Å². The van der Waals surface area contributed by atoms with Crippen molar-refractivity contribution < 1.29 is 14.3 Å². The maximum Gasteiger partial charge on any atom is 0.350 e. The largest absolute Gasteiger partial charge is 0.497 e. The molecule has 1 aliphatic heterocycles. The number of anilines is 1. The van der Waals surface area contributed by atoms with Crippen LogP contribution in [0, 0.1) is 5.92 Å². The van der Waals surface area contributed by atoms with Crippen molar-refractivity contribution in [2.45, 2.75) is 13.0 Å². The van der Waals surface area contributed by atoms with Gasteiger partial charge in [0.25, 0.3) is 0 Å². The zero-order valence-corrected chi connectivity index (χ0v) is 17.5. The van der Waals surface area contributed by atoms with Crippen molar-refractivity contribution in [2.75, 3.05) is 19.0 Å². The Hall–Kier alpha value is -4.07. The van der Waals surface area contributed by atoms with Gasteiger partial charge in [-0.2, -0.15) is 0 Å². The van der Waals surface area contributed by atoms with Crippen molar-refractivity contribution >= 4 is 17.2 Å². The normalized spacial score (nSPS) is 15.1. The Kier molecular flexibility index (Phi) is 5.10. The Labute approximate surface area is 184 Å². The molecule has 8 nitrogen and oxygen atoms in total. The Morgan fingerprint density at radius 3 is 2.94 bits per heavy atom. The summed E-state index contributed by atoms with van der Waals surface area (Å²) in [7, 11) is 1.61. The highest BCUT2D eigenvalue weighted by Gasteiger charge is 2.26. The molecule has 3 heterocycles. The Balaban J connectivity index is 1.30. The molecule has 1 unspecified atom stereocenters. The predicted molar refractivity (Wildman–Crippen MR) is 119 cm³/mol.